The Balaban J connectivity index is 1.61. The number of ether oxygens (including phenoxy) is 1. The quantitative estimate of drug-likeness (QED) is 0.929. The van der Waals surface area contributed by atoms with Gasteiger partial charge < -0.3 is 9.84 Å². The monoisotopic (exact) mass is 273 g/mol. The van der Waals surface area contributed by atoms with Gasteiger partial charge in [0.15, 0.2) is 0 Å². The lowest BCUT2D eigenvalue weighted by Gasteiger charge is -2.31. The van der Waals surface area contributed by atoms with E-state index < -0.39 is 5.60 Å². The smallest absolute Gasteiger partial charge is 0.138 e. The zero-order valence-electron chi connectivity index (χ0n) is 11.4. The highest BCUT2D eigenvalue weighted by Gasteiger charge is 2.29. The maximum Gasteiger partial charge on any atom is 0.138 e. The molecule has 1 fully saturated rings. The second-order valence-electron chi connectivity index (χ2n) is 5.41. The van der Waals surface area contributed by atoms with Crippen LogP contribution < -0.4 is 4.74 Å². The summed E-state index contributed by atoms with van der Waals surface area (Å²) in [6.45, 7) is 0.371. The van der Waals surface area contributed by atoms with Crippen LogP contribution in [0.2, 0.25) is 0 Å². The number of hydrogen-bond donors (Lipinski definition) is 1. The molecular weight excluding hydrogens is 254 g/mol. The van der Waals surface area contributed by atoms with Crippen molar-refractivity contribution in [3.63, 3.8) is 0 Å². The van der Waals surface area contributed by atoms with Gasteiger partial charge >= 0.3 is 0 Å². The predicted molar refractivity (Wildman–Crippen MR) is 74.9 cm³/mol. The van der Waals surface area contributed by atoms with Crippen molar-refractivity contribution in [3.05, 3.63) is 36.9 Å². The van der Waals surface area contributed by atoms with Gasteiger partial charge in [0.05, 0.1) is 11.3 Å². The van der Waals surface area contributed by atoms with Crippen LogP contribution in [0.1, 0.15) is 32.1 Å². The van der Waals surface area contributed by atoms with Gasteiger partial charge in [0.1, 0.15) is 25.0 Å². The van der Waals surface area contributed by atoms with Crippen LogP contribution in [0.25, 0.3) is 5.69 Å². The third-order valence-corrected chi connectivity index (χ3v) is 3.81. The van der Waals surface area contributed by atoms with Gasteiger partial charge in [-0.25, -0.2) is 9.67 Å². The van der Waals surface area contributed by atoms with E-state index in [9.17, 15) is 5.11 Å². The first-order valence-electron chi connectivity index (χ1n) is 7.05. The first-order chi connectivity index (χ1) is 9.75. The Labute approximate surface area is 118 Å². The number of nitrogens with zero attached hydrogens (tertiary/aromatic N) is 3. The summed E-state index contributed by atoms with van der Waals surface area (Å²) in [5.41, 5.74) is 0.286. The fraction of sp³-hybridized carbons (Fsp3) is 0.467. The van der Waals surface area contributed by atoms with Crippen LogP contribution in [0.4, 0.5) is 0 Å². The molecule has 3 rings (SSSR count). The van der Waals surface area contributed by atoms with Crippen molar-refractivity contribution in [2.75, 3.05) is 6.61 Å². The highest BCUT2D eigenvalue weighted by atomic mass is 16.5. The summed E-state index contributed by atoms with van der Waals surface area (Å²) < 4.78 is 7.42. The van der Waals surface area contributed by atoms with Crippen molar-refractivity contribution < 1.29 is 9.84 Å². The zero-order valence-corrected chi connectivity index (χ0v) is 11.4. The molecule has 106 valence electrons. The average molecular weight is 273 g/mol. The molecule has 1 aliphatic carbocycles. The van der Waals surface area contributed by atoms with Gasteiger partial charge in [-0.3, -0.25) is 0 Å². The van der Waals surface area contributed by atoms with Crippen LogP contribution in [-0.2, 0) is 0 Å². The first-order valence-corrected chi connectivity index (χ1v) is 7.05. The molecule has 0 amide bonds. The molecule has 1 N–H and O–H groups in total. The summed E-state index contributed by atoms with van der Waals surface area (Å²) in [5.74, 6) is 0.771. The number of aromatic nitrogens is 3. The maximum atomic E-state index is 10.4. The van der Waals surface area contributed by atoms with Crippen LogP contribution in [0.15, 0.2) is 36.9 Å². The van der Waals surface area contributed by atoms with E-state index in [1.165, 1.54) is 12.7 Å². The van der Waals surface area contributed by atoms with Crippen molar-refractivity contribution in [1.82, 2.24) is 14.8 Å². The van der Waals surface area contributed by atoms with E-state index in [2.05, 4.69) is 10.1 Å². The molecule has 0 atom stereocenters. The summed E-state index contributed by atoms with van der Waals surface area (Å²) in [5, 5.41) is 14.5. The third-order valence-electron chi connectivity index (χ3n) is 3.81. The molecule has 1 aromatic carbocycles. The van der Waals surface area contributed by atoms with E-state index in [0.29, 0.717) is 6.61 Å². The third kappa shape index (κ3) is 2.99. The number of hydrogen-bond acceptors (Lipinski definition) is 4. The minimum atomic E-state index is -0.650. The van der Waals surface area contributed by atoms with Crippen molar-refractivity contribution >= 4 is 0 Å². The van der Waals surface area contributed by atoms with Gasteiger partial charge in [0.25, 0.3) is 0 Å². The van der Waals surface area contributed by atoms with Gasteiger partial charge in [-0.05, 0) is 37.1 Å². The summed E-state index contributed by atoms with van der Waals surface area (Å²) in [4.78, 5) is 3.92. The van der Waals surface area contributed by atoms with E-state index in [0.717, 1.165) is 37.1 Å². The first kappa shape index (κ1) is 13.1. The van der Waals surface area contributed by atoms with E-state index in [-0.39, 0.29) is 0 Å². The predicted octanol–water partition coefficient (Wildman–Crippen LogP) is 2.34. The standard InChI is InChI=1S/C15H19N3O2/c19-15(8-2-1-3-9-15)10-20-14-6-4-13(5-7-14)18-12-16-11-17-18/h4-7,11-12,19H,1-3,8-10H2. The van der Waals surface area contributed by atoms with Crippen molar-refractivity contribution in [3.8, 4) is 11.4 Å². The molecular formula is C15H19N3O2. The Bertz CT molecular complexity index is 531. The fourth-order valence-corrected chi connectivity index (χ4v) is 2.61. The summed E-state index contributed by atoms with van der Waals surface area (Å²) in [7, 11) is 0. The Morgan fingerprint density at radius 2 is 1.90 bits per heavy atom. The van der Waals surface area contributed by atoms with Crippen molar-refractivity contribution in [2.24, 2.45) is 0 Å². The van der Waals surface area contributed by atoms with Crippen LogP contribution in [0.3, 0.4) is 0 Å². The highest BCUT2D eigenvalue weighted by molar-refractivity contribution is 5.36. The molecule has 5 nitrogen and oxygen atoms in total. The molecule has 1 aromatic heterocycles. The van der Waals surface area contributed by atoms with Crippen LogP contribution in [-0.4, -0.2) is 32.1 Å². The van der Waals surface area contributed by atoms with Crippen LogP contribution >= 0.6 is 0 Å². The van der Waals surface area contributed by atoms with Gasteiger partial charge in [0, 0.05) is 0 Å². The number of aliphatic hydroxyl groups is 1. The Morgan fingerprint density at radius 3 is 2.55 bits per heavy atom. The largest absolute Gasteiger partial charge is 0.491 e. The normalized spacial score (nSPS) is 17.9. The molecule has 2 aromatic rings. The van der Waals surface area contributed by atoms with Crippen molar-refractivity contribution in [2.45, 2.75) is 37.7 Å². The topological polar surface area (TPSA) is 60.2 Å². The van der Waals surface area contributed by atoms with Gasteiger partial charge in [-0.1, -0.05) is 19.3 Å². The molecule has 20 heavy (non-hydrogen) atoms. The summed E-state index contributed by atoms with van der Waals surface area (Å²) in [6.07, 6.45) is 8.22. The Kier molecular flexibility index (Phi) is 3.69. The van der Waals surface area contributed by atoms with E-state index in [4.69, 9.17) is 4.74 Å². The molecule has 1 aliphatic rings. The molecule has 1 heterocycles. The van der Waals surface area contributed by atoms with Crippen molar-refractivity contribution in [1.29, 1.82) is 0 Å². The fourth-order valence-electron chi connectivity index (χ4n) is 2.61. The number of rotatable bonds is 4. The van der Waals surface area contributed by atoms with E-state index >= 15 is 0 Å². The van der Waals surface area contributed by atoms with Crippen LogP contribution in [0.5, 0.6) is 5.75 Å². The molecule has 5 heteroatoms. The summed E-state index contributed by atoms with van der Waals surface area (Å²) >= 11 is 0. The van der Waals surface area contributed by atoms with E-state index in [1.54, 1.807) is 11.0 Å². The summed E-state index contributed by atoms with van der Waals surface area (Å²) in [6, 6.07) is 7.64. The molecule has 0 aliphatic heterocycles. The van der Waals surface area contributed by atoms with Gasteiger partial charge in [-0.15, -0.1) is 0 Å². The Hall–Kier alpha value is -1.88. The minimum absolute atomic E-state index is 0.371. The lowest BCUT2D eigenvalue weighted by Crippen LogP contribution is -2.37. The molecule has 0 bridgehead atoms. The zero-order chi connectivity index (χ0) is 13.8. The van der Waals surface area contributed by atoms with E-state index in [1.807, 2.05) is 24.3 Å². The van der Waals surface area contributed by atoms with Gasteiger partial charge in [-0.2, -0.15) is 5.10 Å². The average Bonchev–Trinajstić information content (AvgIpc) is 3.01. The minimum Gasteiger partial charge on any atom is -0.491 e. The second-order valence-corrected chi connectivity index (χ2v) is 5.41. The highest BCUT2D eigenvalue weighted by Crippen LogP contribution is 2.28. The SMILES string of the molecule is OC1(COc2ccc(-n3cncn3)cc2)CCCCC1. The molecule has 0 saturated heterocycles. The Morgan fingerprint density at radius 1 is 1.15 bits per heavy atom. The lowest BCUT2D eigenvalue weighted by molar-refractivity contribution is -0.0339. The molecule has 0 spiro atoms. The van der Waals surface area contributed by atoms with Gasteiger partial charge in [0.2, 0.25) is 0 Å². The second kappa shape index (κ2) is 5.63. The maximum absolute atomic E-state index is 10.4. The number of benzene rings is 1. The lowest BCUT2D eigenvalue weighted by atomic mass is 9.85. The van der Waals surface area contributed by atoms with Crippen LogP contribution in [0, 0.1) is 0 Å². The molecule has 1 saturated carbocycles. The molecule has 0 radical (unpaired) electrons. The molecule has 0 unspecified atom stereocenters.